The number of unbranched alkanes of at least 4 members (excludes halogenated alkanes) is 1. The molecule has 1 heterocycles. The summed E-state index contributed by atoms with van der Waals surface area (Å²) in [4.78, 5) is 50.1. The molecule has 0 aromatic heterocycles. The quantitative estimate of drug-likeness (QED) is 0.411. The molecule has 2 aromatic rings. The van der Waals surface area contributed by atoms with Gasteiger partial charge in [0.1, 0.15) is 0 Å². The van der Waals surface area contributed by atoms with Gasteiger partial charge < -0.3 is 10.1 Å². The molecule has 3 rings (SSSR count). The van der Waals surface area contributed by atoms with E-state index >= 15 is 0 Å². The minimum absolute atomic E-state index is 0.0134. The first-order valence-electron chi connectivity index (χ1n) is 9.99. The van der Waals surface area contributed by atoms with Crippen molar-refractivity contribution in [2.75, 3.05) is 18.5 Å². The van der Waals surface area contributed by atoms with E-state index in [1.807, 2.05) is 6.92 Å². The van der Waals surface area contributed by atoms with Gasteiger partial charge in [0.25, 0.3) is 5.91 Å². The van der Waals surface area contributed by atoms with E-state index in [0.29, 0.717) is 29.0 Å². The zero-order valence-electron chi connectivity index (χ0n) is 16.8. The van der Waals surface area contributed by atoms with Crippen molar-refractivity contribution < 1.29 is 23.9 Å². The Bertz CT molecular complexity index is 952. The predicted molar refractivity (Wildman–Crippen MR) is 111 cm³/mol. The Morgan fingerprint density at radius 3 is 2.53 bits per heavy atom. The van der Waals surface area contributed by atoms with Crippen LogP contribution in [0, 0.1) is 0 Å². The summed E-state index contributed by atoms with van der Waals surface area (Å²) in [5, 5.41) is 2.71. The first-order valence-corrected chi connectivity index (χ1v) is 9.99. The highest BCUT2D eigenvalue weighted by molar-refractivity contribution is 6.10. The van der Waals surface area contributed by atoms with Crippen LogP contribution < -0.4 is 5.32 Å². The molecule has 0 saturated heterocycles. The lowest BCUT2D eigenvalue weighted by atomic mass is 9.98. The number of imide groups is 1. The first-order chi connectivity index (χ1) is 14.5. The number of esters is 1. The van der Waals surface area contributed by atoms with Crippen molar-refractivity contribution in [2.45, 2.75) is 32.6 Å². The van der Waals surface area contributed by atoms with Gasteiger partial charge in [-0.25, -0.2) is 4.79 Å². The fourth-order valence-electron chi connectivity index (χ4n) is 3.15. The summed E-state index contributed by atoms with van der Waals surface area (Å²) in [5.41, 5.74) is 2.14. The second-order valence-electron chi connectivity index (χ2n) is 7.05. The average molecular weight is 408 g/mol. The standard InChI is InChI=1S/C23H24N2O5/c1-2-3-14-30-23(29)16-8-10-18(11-9-16)24-20(26)12-13-25-21(27)15-17-6-4-5-7-19(17)22(25)28/h4-11H,2-3,12-15H2,1H3,(H,24,26). The summed E-state index contributed by atoms with van der Waals surface area (Å²) < 4.78 is 5.14. The molecule has 0 aliphatic carbocycles. The number of hydrogen-bond acceptors (Lipinski definition) is 5. The number of ether oxygens (including phenoxy) is 1. The number of hydrogen-bond donors (Lipinski definition) is 1. The molecule has 3 amide bonds. The van der Waals surface area contributed by atoms with Crippen molar-refractivity contribution in [1.29, 1.82) is 0 Å². The van der Waals surface area contributed by atoms with E-state index in [-0.39, 0.29) is 37.1 Å². The van der Waals surface area contributed by atoms with Crippen LogP contribution in [0.1, 0.15) is 52.5 Å². The van der Waals surface area contributed by atoms with Crippen molar-refractivity contribution in [3.05, 3.63) is 65.2 Å². The monoisotopic (exact) mass is 408 g/mol. The van der Waals surface area contributed by atoms with Crippen molar-refractivity contribution in [3.63, 3.8) is 0 Å². The fourth-order valence-corrected chi connectivity index (χ4v) is 3.15. The van der Waals surface area contributed by atoms with E-state index < -0.39 is 5.97 Å². The van der Waals surface area contributed by atoms with E-state index in [1.54, 1.807) is 48.5 Å². The summed E-state index contributed by atoms with van der Waals surface area (Å²) >= 11 is 0. The molecule has 1 aliphatic heterocycles. The number of nitrogens with zero attached hydrogens (tertiary/aromatic N) is 1. The molecule has 0 fully saturated rings. The van der Waals surface area contributed by atoms with E-state index in [2.05, 4.69) is 5.32 Å². The maximum Gasteiger partial charge on any atom is 0.338 e. The van der Waals surface area contributed by atoms with Crippen molar-refractivity contribution in [1.82, 2.24) is 4.90 Å². The van der Waals surface area contributed by atoms with Crippen LogP contribution in [-0.2, 0) is 20.7 Å². The number of carbonyl (C=O) groups is 4. The van der Waals surface area contributed by atoms with Gasteiger partial charge in [0.2, 0.25) is 11.8 Å². The normalized spacial score (nSPS) is 13.0. The maximum absolute atomic E-state index is 12.5. The zero-order valence-corrected chi connectivity index (χ0v) is 16.8. The van der Waals surface area contributed by atoms with Crippen LogP contribution in [0.4, 0.5) is 5.69 Å². The fraction of sp³-hybridized carbons (Fsp3) is 0.304. The van der Waals surface area contributed by atoms with Gasteiger partial charge in [-0.1, -0.05) is 31.5 Å². The van der Waals surface area contributed by atoms with Crippen LogP contribution in [-0.4, -0.2) is 41.7 Å². The van der Waals surface area contributed by atoms with E-state index in [1.165, 1.54) is 0 Å². The van der Waals surface area contributed by atoms with Crippen LogP contribution in [0.5, 0.6) is 0 Å². The Balaban J connectivity index is 1.52. The largest absolute Gasteiger partial charge is 0.462 e. The lowest BCUT2D eigenvalue weighted by Gasteiger charge is -2.26. The number of carbonyl (C=O) groups excluding carboxylic acids is 4. The summed E-state index contributed by atoms with van der Waals surface area (Å²) in [6.07, 6.45) is 1.90. The molecule has 0 radical (unpaired) electrons. The number of amides is 3. The molecule has 0 spiro atoms. The number of fused-ring (bicyclic) bond motifs is 1. The third-order valence-electron chi connectivity index (χ3n) is 4.83. The molecule has 0 saturated carbocycles. The Kier molecular flexibility index (Phi) is 6.95. The molecule has 0 atom stereocenters. The Hall–Kier alpha value is -3.48. The van der Waals surface area contributed by atoms with Gasteiger partial charge in [-0.2, -0.15) is 0 Å². The molecule has 1 aliphatic rings. The van der Waals surface area contributed by atoms with Crippen LogP contribution in [0.25, 0.3) is 0 Å². The lowest BCUT2D eigenvalue weighted by molar-refractivity contribution is -0.128. The van der Waals surface area contributed by atoms with Crippen molar-refractivity contribution in [3.8, 4) is 0 Å². The predicted octanol–water partition coefficient (Wildman–Crippen LogP) is 3.20. The molecular formula is C23H24N2O5. The van der Waals surface area contributed by atoms with E-state index in [9.17, 15) is 19.2 Å². The second-order valence-corrected chi connectivity index (χ2v) is 7.05. The van der Waals surface area contributed by atoms with Gasteiger partial charge >= 0.3 is 5.97 Å². The van der Waals surface area contributed by atoms with Crippen molar-refractivity contribution in [2.24, 2.45) is 0 Å². The minimum Gasteiger partial charge on any atom is -0.462 e. The van der Waals surface area contributed by atoms with Gasteiger partial charge in [-0.15, -0.1) is 0 Å². The number of rotatable bonds is 8. The summed E-state index contributed by atoms with van der Waals surface area (Å²) in [7, 11) is 0. The lowest BCUT2D eigenvalue weighted by Crippen LogP contribution is -2.43. The average Bonchev–Trinajstić information content (AvgIpc) is 2.74. The molecule has 1 N–H and O–H groups in total. The molecule has 0 bridgehead atoms. The van der Waals surface area contributed by atoms with Crippen LogP contribution in [0.3, 0.4) is 0 Å². The highest BCUT2D eigenvalue weighted by atomic mass is 16.5. The Labute approximate surface area is 175 Å². The molecule has 7 heteroatoms. The highest BCUT2D eigenvalue weighted by Crippen LogP contribution is 2.20. The summed E-state index contributed by atoms with van der Waals surface area (Å²) in [6, 6.07) is 13.4. The van der Waals surface area contributed by atoms with Crippen LogP contribution in [0.15, 0.2) is 48.5 Å². The van der Waals surface area contributed by atoms with E-state index in [4.69, 9.17) is 4.74 Å². The molecule has 156 valence electrons. The third-order valence-corrected chi connectivity index (χ3v) is 4.83. The van der Waals surface area contributed by atoms with Gasteiger partial charge in [-0.3, -0.25) is 19.3 Å². The Morgan fingerprint density at radius 2 is 1.80 bits per heavy atom. The van der Waals surface area contributed by atoms with Gasteiger partial charge in [-0.05, 0) is 42.3 Å². The Morgan fingerprint density at radius 1 is 1.07 bits per heavy atom. The van der Waals surface area contributed by atoms with Gasteiger partial charge in [0.05, 0.1) is 18.6 Å². The van der Waals surface area contributed by atoms with Crippen LogP contribution >= 0.6 is 0 Å². The maximum atomic E-state index is 12.5. The smallest absolute Gasteiger partial charge is 0.338 e. The first kappa shape index (κ1) is 21.2. The van der Waals surface area contributed by atoms with Gasteiger partial charge in [0, 0.05) is 24.2 Å². The molecule has 0 unspecified atom stereocenters. The number of benzene rings is 2. The highest BCUT2D eigenvalue weighted by Gasteiger charge is 2.30. The molecule has 7 nitrogen and oxygen atoms in total. The topological polar surface area (TPSA) is 92.8 Å². The van der Waals surface area contributed by atoms with Crippen molar-refractivity contribution >= 4 is 29.4 Å². The molecule has 2 aromatic carbocycles. The molecule has 30 heavy (non-hydrogen) atoms. The van der Waals surface area contributed by atoms with E-state index in [0.717, 1.165) is 17.7 Å². The number of anilines is 1. The minimum atomic E-state index is -0.399. The van der Waals surface area contributed by atoms with Crippen LogP contribution in [0.2, 0.25) is 0 Å². The number of nitrogens with one attached hydrogen (secondary N) is 1. The molecular weight excluding hydrogens is 384 g/mol. The zero-order chi connectivity index (χ0) is 21.5. The third kappa shape index (κ3) is 5.11. The van der Waals surface area contributed by atoms with Gasteiger partial charge in [0.15, 0.2) is 0 Å². The summed E-state index contributed by atoms with van der Waals surface area (Å²) in [6.45, 7) is 2.41. The second kappa shape index (κ2) is 9.82. The summed E-state index contributed by atoms with van der Waals surface area (Å²) in [5.74, 6) is -1.41. The SMILES string of the molecule is CCCCOC(=O)c1ccc(NC(=O)CCN2C(=O)Cc3ccccc3C2=O)cc1.